The zero-order chi connectivity index (χ0) is 26.2. The van der Waals surface area contributed by atoms with Gasteiger partial charge in [0.1, 0.15) is 5.82 Å². The van der Waals surface area contributed by atoms with Gasteiger partial charge in [0, 0.05) is 5.69 Å². The number of benzene rings is 3. The molecule has 0 saturated heterocycles. The molecule has 3 rings (SSSR count). The van der Waals surface area contributed by atoms with Crippen molar-refractivity contribution in [3.8, 4) is 0 Å². The van der Waals surface area contributed by atoms with Gasteiger partial charge in [-0.1, -0.05) is 12.1 Å². The minimum Gasteiger partial charge on any atom is -0.322 e. The number of carbonyl (C=O) groups is 1. The van der Waals surface area contributed by atoms with Gasteiger partial charge < -0.3 is 5.32 Å². The molecule has 0 unspecified atom stereocenters. The van der Waals surface area contributed by atoms with Crippen LogP contribution >= 0.6 is 0 Å². The Bertz CT molecular complexity index is 1350. The highest BCUT2D eigenvalue weighted by molar-refractivity contribution is 7.92. The summed E-state index contributed by atoms with van der Waals surface area (Å²) in [5.41, 5.74) is -4.71. The van der Waals surface area contributed by atoms with Crippen LogP contribution in [0.3, 0.4) is 0 Å². The molecular formula is C22H15F7N2O3S. The number of para-hydroxylation sites is 1. The molecule has 0 bridgehead atoms. The Labute approximate surface area is 194 Å². The van der Waals surface area contributed by atoms with Gasteiger partial charge in [0.15, 0.2) is 0 Å². The lowest BCUT2D eigenvalue weighted by molar-refractivity contribution is -0.143. The predicted molar refractivity (Wildman–Crippen MR) is 113 cm³/mol. The van der Waals surface area contributed by atoms with Crippen molar-refractivity contribution in [2.75, 3.05) is 10.0 Å². The summed E-state index contributed by atoms with van der Waals surface area (Å²) in [4.78, 5) is 12.4. The summed E-state index contributed by atoms with van der Waals surface area (Å²) in [6, 6.07) is 8.36. The van der Waals surface area contributed by atoms with Crippen molar-refractivity contribution in [3.63, 3.8) is 0 Å². The normalized spacial score (nSPS) is 12.3. The molecule has 0 radical (unpaired) electrons. The summed E-state index contributed by atoms with van der Waals surface area (Å²) in [5.74, 6) is -1.85. The van der Waals surface area contributed by atoms with Crippen molar-refractivity contribution >= 4 is 27.3 Å². The van der Waals surface area contributed by atoms with Gasteiger partial charge in [-0.25, -0.2) is 12.8 Å². The average molecular weight is 520 g/mol. The molecule has 3 aromatic rings. The highest BCUT2D eigenvalue weighted by atomic mass is 32.2. The Kier molecular flexibility index (Phi) is 6.84. The van der Waals surface area contributed by atoms with Crippen LogP contribution in [0.2, 0.25) is 0 Å². The second-order valence-electron chi connectivity index (χ2n) is 7.31. The molecule has 0 aromatic heterocycles. The largest absolute Gasteiger partial charge is 0.416 e. The Morgan fingerprint density at radius 2 is 1.40 bits per heavy atom. The third-order valence-electron chi connectivity index (χ3n) is 4.69. The number of hydrogen-bond acceptors (Lipinski definition) is 3. The molecule has 5 nitrogen and oxygen atoms in total. The van der Waals surface area contributed by atoms with Crippen LogP contribution in [0.4, 0.5) is 42.1 Å². The molecule has 0 aliphatic heterocycles. The SMILES string of the molecule is Cc1cc(F)ccc1S(=O)(=O)Nc1ccccc1C(=O)Nc1cc(C(F)(F)F)cc(C(F)(F)F)c1. The van der Waals surface area contributed by atoms with E-state index in [9.17, 15) is 43.9 Å². The first-order chi connectivity index (χ1) is 16.1. The van der Waals surface area contributed by atoms with E-state index in [-0.39, 0.29) is 27.8 Å². The number of hydrogen-bond donors (Lipinski definition) is 2. The molecular weight excluding hydrogens is 505 g/mol. The van der Waals surface area contributed by atoms with Crippen LogP contribution in [-0.4, -0.2) is 14.3 Å². The number of amides is 1. The highest BCUT2D eigenvalue weighted by Gasteiger charge is 2.37. The summed E-state index contributed by atoms with van der Waals surface area (Å²) in [5, 5.41) is 1.94. The molecule has 0 aliphatic carbocycles. The highest BCUT2D eigenvalue weighted by Crippen LogP contribution is 2.37. The summed E-state index contributed by atoms with van der Waals surface area (Å²) in [7, 11) is -4.34. The van der Waals surface area contributed by atoms with E-state index in [2.05, 4.69) is 4.72 Å². The fourth-order valence-electron chi connectivity index (χ4n) is 3.11. The van der Waals surface area contributed by atoms with Crippen LogP contribution in [0.25, 0.3) is 0 Å². The van der Waals surface area contributed by atoms with Crippen LogP contribution < -0.4 is 10.0 Å². The van der Waals surface area contributed by atoms with Crippen molar-refractivity contribution in [1.29, 1.82) is 0 Å². The number of halogens is 7. The number of aryl methyl sites for hydroxylation is 1. The van der Waals surface area contributed by atoms with Gasteiger partial charge in [0.25, 0.3) is 15.9 Å². The predicted octanol–water partition coefficient (Wildman–Crippen LogP) is 6.22. The number of nitrogens with one attached hydrogen (secondary N) is 2. The second kappa shape index (κ2) is 9.21. The van der Waals surface area contributed by atoms with E-state index in [1.165, 1.54) is 25.1 Å². The Morgan fingerprint density at radius 3 is 1.94 bits per heavy atom. The van der Waals surface area contributed by atoms with Crippen LogP contribution in [-0.2, 0) is 22.4 Å². The Morgan fingerprint density at radius 1 is 0.829 bits per heavy atom. The van der Waals surface area contributed by atoms with Gasteiger partial charge in [-0.05, 0) is 61.0 Å². The molecule has 1 amide bonds. The van der Waals surface area contributed by atoms with Crippen LogP contribution in [0.5, 0.6) is 0 Å². The number of alkyl halides is 6. The minimum atomic E-state index is -5.12. The molecule has 0 spiro atoms. The smallest absolute Gasteiger partial charge is 0.322 e. The number of anilines is 2. The maximum absolute atomic E-state index is 13.3. The number of carbonyl (C=O) groups excluding carboxylic acids is 1. The van der Waals surface area contributed by atoms with E-state index in [1.54, 1.807) is 0 Å². The first-order valence-electron chi connectivity index (χ1n) is 9.57. The van der Waals surface area contributed by atoms with Crippen molar-refractivity contribution in [1.82, 2.24) is 0 Å². The van der Waals surface area contributed by atoms with Crippen LogP contribution in [0.15, 0.2) is 65.6 Å². The van der Waals surface area contributed by atoms with Crippen molar-refractivity contribution in [3.05, 3.63) is 88.7 Å². The van der Waals surface area contributed by atoms with Crippen LogP contribution in [0, 0.1) is 12.7 Å². The number of rotatable bonds is 5. The monoisotopic (exact) mass is 520 g/mol. The van der Waals surface area contributed by atoms with E-state index >= 15 is 0 Å². The van der Waals surface area contributed by atoms with Gasteiger partial charge in [0.2, 0.25) is 0 Å². The molecule has 2 N–H and O–H groups in total. The van der Waals surface area contributed by atoms with Crippen molar-refractivity contribution < 1.29 is 43.9 Å². The van der Waals surface area contributed by atoms with Crippen LogP contribution in [0.1, 0.15) is 27.0 Å². The zero-order valence-corrected chi connectivity index (χ0v) is 18.4. The lowest BCUT2D eigenvalue weighted by Crippen LogP contribution is -2.20. The van der Waals surface area contributed by atoms with Gasteiger partial charge in [-0.15, -0.1) is 0 Å². The molecule has 13 heteroatoms. The van der Waals surface area contributed by atoms with E-state index in [0.29, 0.717) is 12.1 Å². The lowest BCUT2D eigenvalue weighted by Gasteiger charge is -2.16. The maximum Gasteiger partial charge on any atom is 0.416 e. The molecule has 0 atom stereocenters. The molecule has 35 heavy (non-hydrogen) atoms. The summed E-state index contributed by atoms with van der Waals surface area (Å²) < 4.78 is 119. The third kappa shape index (κ3) is 6.10. The van der Waals surface area contributed by atoms with E-state index in [4.69, 9.17) is 0 Å². The Hall–Kier alpha value is -3.61. The second-order valence-corrected chi connectivity index (χ2v) is 8.96. The van der Waals surface area contributed by atoms with Gasteiger partial charge in [-0.2, -0.15) is 26.3 Å². The van der Waals surface area contributed by atoms with E-state index in [1.807, 2.05) is 5.32 Å². The fraction of sp³-hybridized carbons (Fsp3) is 0.136. The summed E-state index contributed by atoms with van der Waals surface area (Å²) in [6.07, 6.45) is -10.2. The van der Waals surface area contributed by atoms with E-state index < -0.39 is 50.9 Å². The van der Waals surface area contributed by atoms with Crippen molar-refractivity contribution in [2.45, 2.75) is 24.2 Å². The maximum atomic E-state index is 13.3. The van der Waals surface area contributed by atoms with Gasteiger partial charge >= 0.3 is 12.4 Å². The quantitative estimate of drug-likeness (QED) is 0.392. The topological polar surface area (TPSA) is 75.3 Å². The molecule has 3 aromatic carbocycles. The molecule has 0 saturated carbocycles. The molecule has 0 aliphatic rings. The van der Waals surface area contributed by atoms with Crippen molar-refractivity contribution in [2.24, 2.45) is 0 Å². The first kappa shape index (κ1) is 26.0. The van der Waals surface area contributed by atoms with E-state index in [0.717, 1.165) is 24.3 Å². The standard InChI is InChI=1S/C22H15F7N2O3S/c1-12-8-15(23)6-7-19(12)35(33,34)31-18-5-3-2-4-17(18)20(32)30-16-10-13(21(24,25)26)9-14(11-16)22(27,28)29/h2-11,31H,1H3,(H,30,32). The fourth-order valence-corrected chi connectivity index (χ4v) is 4.42. The lowest BCUT2D eigenvalue weighted by atomic mass is 10.1. The summed E-state index contributed by atoms with van der Waals surface area (Å²) >= 11 is 0. The minimum absolute atomic E-state index is 0.0584. The van der Waals surface area contributed by atoms with Gasteiger partial charge in [0.05, 0.1) is 27.3 Å². The summed E-state index contributed by atoms with van der Waals surface area (Å²) in [6.45, 7) is 1.34. The first-order valence-corrected chi connectivity index (χ1v) is 11.0. The van der Waals surface area contributed by atoms with Gasteiger partial charge in [-0.3, -0.25) is 9.52 Å². The molecule has 0 heterocycles. The third-order valence-corrected chi connectivity index (χ3v) is 6.21. The zero-order valence-electron chi connectivity index (χ0n) is 17.6. The molecule has 0 fully saturated rings. The Balaban J connectivity index is 1.97. The average Bonchev–Trinajstić information content (AvgIpc) is 2.72. The number of sulfonamides is 1. The molecule has 186 valence electrons.